The van der Waals surface area contributed by atoms with E-state index in [2.05, 4.69) is 18.6 Å². The quantitative estimate of drug-likeness (QED) is 0.853. The van der Waals surface area contributed by atoms with Crippen molar-refractivity contribution in [1.82, 2.24) is 4.72 Å². The molecule has 2 rings (SSSR count). The second-order valence-corrected chi connectivity index (χ2v) is 8.36. The third kappa shape index (κ3) is 3.51. The Bertz CT molecular complexity index is 700. The minimum absolute atomic E-state index is 0.102. The topological polar surface area (TPSA) is 83.5 Å². The van der Waals surface area contributed by atoms with Crippen molar-refractivity contribution in [3.05, 3.63) is 27.7 Å². The monoisotopic (exact) mass is 351 g/mol. The van der Waals surface area contributed by atoms with Crippen LogP contribution in [-0.2, 0) is 10.0 Å². The van der Waals surface area contributed by atoms with Crippen LogP contribution in [0.15, 0.2) is 17.0 Å². The first-order valence-corrected chi connectivity index (χ1v) is 8.50. The number of halogens is 2. The minimum Gasteiger partial charge on any atom is -0.478 e. The van der Waals surface area contributed by atoms with Gasteiger partial charge in [0.2, 0.25) is 10.0 Å². The SMILES string of the molecule is CC1(C)CC1CNS(=O)(=O)c1cc(C(=O)O)c(Cl)cc1Cl. The zero-order chi connectivity index (χ0) is 16.0. The Kier molecular flexibility index (Phi) is 4.28. The normalized spacial score (nSPS) is 20.3. The van der Waals surface area contributed by atoms with Gasteiger partial charge in [-0.2, -0.15) is 0 Å². The van der Waals surface area contributed by atoms with Crippen LogP contribution in [0.4, 0.5) is 0 Å². The Morgan fingerprint density at radius 2 is 1.95 bits per heavy atom. The van der Waals surface area contributed by atoms with Gasteiger partial charge in [-0.1, -0.05) is 37.0 Å². The van der Waals surface area contributed by atoms with Gasteiger partial charge in [0.15, 0.2) is 0 Å². The van der Waals surface area contributed by atoms with E-state index < -0.39 is 16.0 Å². The number of aromatic carboxylic acids is 1. The van der Waals surface area contributed by atoms with Crippen molar-refractivity contribution in [2.24, 2.45) is 11.3 Å². The van der Waals surface area contributed by atoms with Gasteiger partial charge in [-0.15, -0.1) is 0 Å². The summed E-state index contributed by atoms with van der Waals surface area (Å²) >= 11 is 11.6. The highest BCUT2D eigenvalue weighted by Gasteiger charge is 2.45. The predicted molar refractivity (Wildman–Crippen MR) is 80.5 cm³/mol. The van der Waals surface area contributed by atoms with Crippen LogP contribution >= 0.6 is 23.2 Å². The minimum atomic E-state index is -3.87. The van der Waals surface area contributed by atoms with Crippen LogP contribution in [0.25, 0.3) is 0 Å². The molecule has 2 N–H and O–H groups in total. The van der Waals surface area contributed by atoms with Gasteiger partial charge in [-0.05, 0) is 29.9 Å². The van der Waals surface area contributed by atoms with Gasteiger partial charge in [-0.3, -0.25) is 0 Å². The maximum atomic E-state index is 12.3. The summed E-state index contributed by atoms with van der Waals surface area (Å²) < 4.78 is 27.0. The molecule has 1 aromatic rings. The number of carboxylic acid groups (broad SMARTS) is 1. The van der Waals surface area contributed by atoms with Gasteiger partial charge < -0.3 is 5.11 Å². The molecule has 0 aromatic heterocycles. The molecular weight excluding hydrogens is 337 g/mol. The average molecular weight is 352 g/mol. The van der Waals surface area contributed by atoms with Crippen molar-refractivity contribution < 1.29 is 18.3 Å². The van der Waals surface area contributed by atoms with Crippen molar-refractivity contribution in [2.45, 2.75) is 25.2 Å². The standard InChI is InChI=1S/C13H15Cl2NO4S/c1-13(2)5-7(13)6-16-21(19,20)11-3-8(12(17)18)9(14)4-10(11)15/h3-4,7,16H,5-6H2,1-2H3,(H,17,18). The first-order valence-electron chi connectivity index (χ1n) is 6.26. The summed E-state index contributed by atoms with van der Waals surface area (Å²) in [5.74, 6) is -1.03. The lowest BCUT2D eigenvalue weighted by Gasteiger charge is -2.11. The van der Waals surface area contributed by atoms with E-state index in [4.69, 9.17) is 28.3 Å². The number of carboxylic acids is 1. The van der Waals surface area contributed by atoms with Crippen LogP contribution in [0.5, 0.6) is 0 Å². The lowest BCUT2D eigenvalue weighted by Crippen LogP contribution is -2.27. The molecule has 5 nitrogen and oxygen atoms in total. The third-order valence-electron chi connectivity index (χ3n) is 3.78. The summed E-state index contributed by atoms with van der Waals surface area (Å²) in [4.78, 5) is 10.8. The van der Waals surface area contributed by atoms with E-state index in [1.807, 2.05) is 0 Å². The van der Waals surface area contributed by atoms with E-state index in [1.165, 1.54) is 0 Å². The van der Waals surface area contributed by atoms with Gasteiger partial charge in [0.1, 0.15) is 4.90 Å². The highest BCUT2D eigenvalue weighted by Crippen LogP contribution is 2.51. The summed E-state index contributed by atoms with van der Waals surface area (Å²) in [6.45, 7) is 4.42. The molecule has 0 heterocycles. The smallest absolute Gasteiger partial charge is 0.337 e. The molecule has 1 aliphatic carbocycles. The molecule has 0 aliphatic heterocycles. The first-order chi connectivity index (χ1) is 9.54. The fourth-order valence-electron chi connectivity index (χ4n) is 2.11. The summed E-state index contributed by atoms with van der Waals surface area (Å²) in [7, 11) is -3.87. The Morgan fingerprint density at radius 3 is 2.43 bits per heavy atom. The molecule has 1 fully saturated rings. The van der Waals surface area contributed by atoms with Gasteiger partial charge >= 0.3 is 5.97 Å². The fraction of sp³-hybridized carbons (Fsp3) is 0.462. The predicted octanol–water partition coefficient (Wildman–Crippen LogP) is 3.02. The highest BCUT2D eigenvalue weighted by molar-refractivity contribution is 7.89. The van der Waals surface area contributed by atoms with E-state index in [9.17, 15) is 13.2 Å². The maximum Gasteiger partial charge on any atom is 0.337 e. The Balaban J connectivity index is 2.27. The number of benzene rings is 1. The molecule has 8 heteroatoms. The molecule has 0 radical (unpaired) electrons. The first kappa shape index (κ1) is 16.5. The number of hydrogen-bond acceptors (Lipinski definition) is 3. The van der Waals surface area contributed by atoms with Gasteiger partial charge in [-0.25, -0.2) is 17.9 Å². The van der Waals surface area contributed by atoms with Crippen LogP contribution in [0.1, 0.15) is 30.6 Å². The van der Waals surface area contributed by atoms with Crippen molar-refractivity contribution >= 4 is 39.2 Å². The van der Waals surface area contributed by atoms with E-state index in [0.717, 1.165) is 18.6 Å². The molecular formula is C13H15Cl2NO4S. The zero-order valence-electron chi connectivity index (χ0n) is 11.5. The lowest BCUT2D eigenvalue weighted by molar-refractivity contribution is 0.0697. The number of rotatable bonds is 5. The Labute approximate surface area is 133 Å². The van der Waals surface area contributed by atoms with E-state index in [0.29, 0.717) is 6.54 Å². The Hall–Kier alpha value is -0.820. The molecule has 21 heavy (non-hydrogen) atoms. The second-order valence-electron chi connectivity index (χ2n) is 5.81. The largest absolute Gasteiger partial charge is 0.478 e. The molecule has 1 atom stereocenters. The van der Waals surface area contributed by atoms with Crippen molar-refractivity contribution in [3.8, 4) is 0 Å². The number of carbonyl (C=O) groups is 1. The van der Waals surface area contributed by atoms with Crippen LogP contribution in [-0.4, -0.2) is 26.0 Å². The van der Waals surface area contributed by atoms with E-state index in [-0.39, 0.29) is 31.8 Å². The molecule has 0 spiro atoms. The summed E-state index contributed by atoms with van der Waals surface area (Å²) in [5.41, 5.74) is -0.161. The molecule has 0 amide bonds. The molecule has 0 bridgehead atoms. The second kappa shape index (κ2) is 5.43. The van der Waals surface area contributed by atoms with Crippen molar-refractivity contribution in [2.75, 3.05) is 6.54 Å². The average Bonchev–Trinajstić information content (AvgIpc) is 2.94. The number of nitrogens with one attached hydrogen (secondary N) is 1. The van der Waals surface area contributed by atoms with Crippen molar-refractivity contribution in [1.29, 1.82) is 0 Å². The van der Waals surface area contributed by atoms with Crippen LogP contribution in [0.3, 0.4) is 0 Å². The van der Waals surface area contributed by atoms with Crippen LogP contribution in [0.2, 0.25) is 10.0 Å². The maximum absolute atomic E-state index is 12.3. The van der Waals surface area contributed by atoms with E-state index in [1.54, 1.807) is 0 Å². The van der Waals surface area contributed by atoms with Crippen molar-refractivity contribution in [3.63, 3.8) is 0 Å². The number of sulfonamides is 1. The van der Waals surface area contributed by atoms with Crippen LogP contribution < -0.4 is 4.72 Å². The van der Waals surface area contributed by atoms with Crippen LogP contribution in [0, 0.1) is 11.3 Å². The van der Waals surface area contributed by atoms with E-state index >= 15 is 0 Å². The summed E-state index contributed by atoms with van der Waals surface area (Å²) in [6, 6.07) is 2.11. The molecule has 1 saturated carbocycles. The number of hydrogen-bond donors (Lipinski definition) is 2. The summed E-state index contributed by atoms with van der Waals surface area (Å²) in [5, 5.41) is 8.79. The molecule has 1 unspecified atom stereocenters. The Morgan fingerprint density at radius 1 is 1.38 bits per heavy atom. The van der Waals surface area contributed by atoms with Gasteiger partial charge in [0.25, 0.3) is 0 Å². The summed E-state index contributed by atoms with van der Waals surface area (Å²) in [6.07, 6.45) is 0.949. The zero-order valence-corrected chi connectivity index (χ0v) is 13.8. The lowest BCUT2D eigenvalue weighted by atomic mass is 10.1. The van der Waals surface area contributed by atoms with Gasteiger partial charge in [0.05, 0.1) is 15.6 Å². The fourth-order valence-corrected chi connectivity index (χ4v) is 4.05. The highest BCUT2D eigenvalue weighted by atomic mass is 35.5. The molecule has 0 saturated heterocycles. The molecule has 1 aliphatic rings. The molecule has 1 aromatic carbocycles. The van der Waals surface area contributed by atoms with Gasteiger partial charge in [0, 0.05) is 6.54 Å². The third-order valence-corrected chi connectivity index (χ3v) is 5.98. The molecule has 116 valence electrons.